The Kier molecular flexibility index (Phi) is 4.83. The van der Waals surface area contributed by atoms with Crippen LogP contribution in [0.15, 0.2) is 29.0 Å². The Hall–Kier alpha value is -2.17. The Balaban J connectivity index is 2.56. The maximum atomic E-state index is 12.8. The molecule has 0 fully saturated rings. The van der Waals surface area contributed by atoms with Gasteiger partial charge in [-0.15, -0.1) is 5.10 Å². The number of halogens is 7. The lowest BCUT2D eigenvalue weighted by Gasteiger charge is -2.13. The lowest BCUT2D eigenvalue weighted by molar-refractivity contribution is -0.143. The standard InChI is InChI=1S/C13H5BrF6N3O/c14-10(5-24)4-23-6-21-11(22-23)7-1-8(12(15,16)17)3-9(2-7)13(18,19)20/h1-4,6H. The van der Waals surface area contributed by atoms with Gasteiger partial charge in [-0.1, -0.05) is 0 Å². The molecule has 0 saturated carbocycles. The summed E-state index contributed by atoms with van der Waals surface area (Å²) in [6, 6.07) is 1.04. The summed E-state index contributed by atoms with van der Waals surface area (Å²) in [5.41, 5.74) is -3.40. The molecule has 1 aromatic carbocycles. The number of nitrogens with zero attached hydrogens (tertiary/aromatic N) is 3. The number of benzene rings is 1. The molecule has 2 rings (SSSR count). The van der Waals surface area contributed by atoms with Gasteiger partial charge >= 0.3 is 12.4 Å². The predicted molar refractivity (Wildman–Crippen MR) is 74.4 cm³/mol. The molecule has 0 amide bonds. The van der Waals surface area contributed by atoms with E-state index in [-0.39, 0.29) is 16.4 Å². The van der Waals surface area contributed by atoms with E-state index >= 15 is 0 Å². The van der Waals surface area contributed by atoms with Gasteiger partial charge in [0.1, 0.15) is 6.33 Å². The van der Waals surface area contributed by atoms with Gasteiger partial charge in [-0.05, 0) is 34.1 Å². The van der Waals surface area contributed by atoms with Gasteiger partial charge in [0.2, 0.25) is 6.29 Å². The average molecular weight is 413 g/mol. The van der Waals surface area contributed by atoms with Crippen molar-refractivity contribution in [2.75, 3.05) is 0 Å². The van der Waals surface area contributed by atoms with E-state index in [1.807, 2.05) is 0 Å². The minimum atomic E-state index is -4.96. The number of carbonyl (C=O) groups excluding carboxylic acids is 1. The van der Waals surface area contributed by atoms with Gasteiger partial charge in [0, 0.05) is 11.8 Å². The van der Waals surface area contributed by atoms with Gasteiger partial charge < -0.3 is 0 Å². The molecular formula is C13H5BrF6N3O. The van der Waals surface area contributed by atoms with Crippen molar-refractivity contribution in [2.24, 2.45) is 0 Å². The second kappa shape index (κ2) is 6.38. The molecule has 0 aliphatic carbocycles. The van der Waals surface area contributed by atoms with Gasteiger partial charge in [-0.3, -0.25) is 4.79 Å². The second-order valence-electron chi connectivity index (χ2n) is 4.42. The smallest absolute Gasteiger partial charge is 0.284 e. The number of alkyl halides is 6. The summed E-state index contributed by atoms with van der Waals surface area (Å²) in [5.74, 6) is -0.367. The molecule has 0 unspecified atom stereocenters. The highest BCUT2D eigenvalue weighted by atomic mass is 79.9. The van der Waals surface area contributed by atoms with Crippen LogP contribution in [0.1, 0.15) is 11.1 Å². The summed E-state index contributed by atoms with van der Waals surface area (Å²) in [4.78, 5) is 14.0. The van der Waals surface area contributed by atoms with E-state index in [4.69, 9.17) is 0 Å². The van der Waals surface area contributed by atoms with E-state index < -0.39 is 29.0 Å². The SMILES string of the molecule is O=[C]C(Br)=Cn1cnc(-c2cc(C(F)(F)F)cc(C(F)(F)F)c2)n1. The number of rotatable bonds is 3. The minimum Gasteiger partial charge on any atom is -0.284 e. The molecule has 1 radical (unpaired) electrons. The first-order valence-electron chi connectivity index (χ1n) is 5.97. The molecule has 1 heterocycles. The first-order valence-corrected chi connectivity index (χ1v) is 6.76. The average Bonchev–Trinajstić information content (AvgIpc) is 2.93. The third kappa shape index (κ3) is 4.22. The predicted octanol–water partition coefficient (Wildman–Crippen LogP) is 4.29. The van der Waals surface area contributed by atoms with Crippen molar-refractivity contribution < 1.29 is 31.1 Å². The zero-order chi connectivity index (χ0) is 18.1. The Morgan fingerprint density at radius 1 is 1.08 bits per heavy atom. The Morgan fingerprint density at radius 3 is 2.08 bits per heavy atom. The molecule has 24 heavy (non-hydrogen) atoms. The van der Waals surface area contributed by atoms with Crippen LogP contribution in [0, 0.1) is 0 Å². The Morgan fingerprint density at radius 2 is 1.62 bits per heavy atom. The van der Waals surface area contributed by atoms with Crippen molar-refractivity contribution in [2.45, 2.75) is 12.4 Å². The molecule has 0 aliphatic heterocycles. The maximum absolute atomic E-state index is 12.8. The molecule has 4 nitrogen and oxygen atoms in total. The van der Waals surface area contributed by atoms with Crippen LogP contribution < -0.4 is 0 Å². The molecule has 2 aromatic rings. The first-order chi connectivity index (χ1) is 11.0. The fraction of sp³-hybridized carbons (Fsp3) is 0.154. The van der Waals surface area contributed by atoms with E-state index in [9.17, 15) is 31.1 Å². The molecule has 0 spiro atoms. The van der Waals surface area contributed by atoms with E-state index in [2.05, 4.69) is 26.0 Å². The summed E-state index contributed by atoms with van der Waals surface area (Å²) < 4.78 is 77.7. The first kappa shape index (κ1) is 18.2. The number of aromatic nitrogens is 3. The second-order valence-corrected chi connectivity index (χ2v) is 5.28. The van der Waals surface area contributed by atoms with Crippen LogP contribution >= 0.6 is 15.9 Å². The largest absolute Gasteiger partial charge is 0.416 e. The maximum Gasteiger partial charge on any atom is 0.416 e. The fourth-order valence-corrected chi connectivity index (χ4v) is 1.91. The lowest BCUT2D eigenvalue weighted by atomic mass is 10.0. The number of hydrogen-bond donors (Lipinski definition) is 0. The van der Waals surface area contributed by atoms with Crippen LogP contribution in [0.5, 0.6) is 0 Å². The normalized spacial score (nSPS) is 13.2. The van der Waals surface area contributed by atoms with Crippen LogP contribution in [0.4, 0.5) is 26.3 Å². The van der Waals surface area contributed by atoms with Crippen molar-refractivity contribution in [1.82, 2.24) is 14.8 Å². The van der Waals surface area contributed by atoms with E-state index in [0.717, 1.165) is 17.2 Å². The Labute approximate surface area is 138 Å². The molecule has 0 bridgehead atoms. The van der Waals surface area contributed by atoms with Gasteiger partial charge in [0.15, 0.2) is 5.82 Å². The molecule has 127 valence electrons. The van der Waals surface area contributed by atoms with Gasteiger partial charge in [-0.25, -0.2) is 9.67 Å². The Bertz CT molecular complexity index is 761. The molecule has 0 saturated heterocycles. The number of allylic oxidation sites excluding steroid dienone is 1. The van der Waals surface area contributed by atoms with E-state index in [0.29, 0.717) is 12.1 Å². The van der Waals surface area contributed by atoms with Gasteiger partial charge in [0.05, 0.1) is 15.6 Å². The van der Waals surface area contributed by atoms with Gasteiger partial charge in [-0.2, -0.15) is 26.3 Å². The van der Waals surface area contributed by atoms with Crippen molar-refractivity contribution >= 4 is 28.4 Å². The van der Waals surface area contributed by atoms with Crippen molar-refractivity contribution in [3.63, 3.8) is 0 Å². The lowest BCUT2D eigenvalue weighted by Crippen LogP contribution is -2.11. The van der Waals surface area contributed by atoms with E-state index in [1.54, 1.807) is 0 Å². The molecule has 1 aromatic heterocycles. The van der Waals surface area contributed by atoms with Crippen LogP contribution in [-0.2, 0) is 17.1 Å². The highest BCUT2D eigenvalue weighted by Gasteiger charge is 2.37. The molecule has 0 atom stereocenters. The monoisotopic (exact) mass is 412 g/mol. The summed E-state index contributed by atoms with van der Waals surface area (Å²) in [7, 11) is 0. The zero-order valence-electron chi connectivity index (χ0n) is 11.3. The molecule has 11 heteroatoms. The van der Waals surface area contributed by atoms with Crippen LogP contribution in [0.25, 0.3) is 17.6 Å². The van der Waals surface area contributed by atoms with E-state index in [1.165, 1.54) is 6.29 Å². The quantitative estimate of drug-likeness (QED) is 0.558. The third-order valence-corrected chi connectivity index (χ3v) is 3.06. The zero-order valence-corrected chi connectivity index (χ0v) is 12.9. The van der Waals surface area contributed by atoms with Crippen molar-refractivity contribution in [3.05, 3.63) is 40.1 Å². The fourth-order valence-electron chi connectivity index (χ4n) is 1.70. The molecule has 0 N–H and O–H groups in total. The molecule has 0 aliphatic rings. The van der Waals surface area contributed by atoms with Crippen LogP contribution in [0.2, 0.25) is 0 Å². The van der Waals surface area contributed by atoms with Crippen LogP contribution in [0.3, 0.4) is 0 Å². The topological polar surface area (TPSA) is 47.8 Å². The van der Waals surface area contributed by atoms with Crippen LogP contribution in [-0.4, -0.2) is 21.1 Å². The highest BCUT2D eigenvalue weighted by Crippen LogP contribution is 2.38. The highest BCUT2D eigenvalue weighted by molar-refractivity contribution is 9.12. The summed E-state index contributed by atoms with van der Waals surface area (Å²) in [6.07, 6.45) is -6.37. The van der Waals surface area contributed by atoms with Gasteiger partial charge in [0.25, 0.3) is 0 Å². The van der Waals surface area contributed by atoms with Crippen molar-refractivity contribution in [1.29, 1.82) is 0 Å². The minimum absolute atomic E-state index is 0.0122. The molecular weight excluding hydrogens is 408 g/mol. The summed E-state index contributed by atoms with van der Waals surface area (Å²) in [5, 5.41) is 3.70. The van der Waals surface area contributed by atoms with Crippen molar-refractivity contribution in [3.8, 4) is 11.4 Å². The number of hydrogen-bond acceptors (Lipinski definition) is 3. The summed E-state index contributed by atoms with van der Waals surface area (Å²) >= 11 is 2.81. The summed E-state index contributed by atoms with van der Waals surface area (Å²) in [6.45, 7) is 0. The third-order valence-electron chi connectivity index (χ3n) is 2.70.